The summed E-state index contributed by atoms with van der Waals surface area (Å²) in [4.78, 5) is 36.9. The molecule has 0 aromatic heterocycles. The Kier molecular flexibility index (Phi) is 9.44. The van der Waals surface area contributed by atoms with Gasteiger partial charge in [-0.1, -0.05) is 11.6 Å². The van der Waals surface area contributed by atoms with Crippen molar-refractivity contribution < 1.29 is 19.2 Å². The van der Waals surface area contributed by atoms with E-state index in [1.807, 2.05) is 0 Å². The Bertz CT molecular complexity index is 719. The van der Waals surface area contributed by atoms with Crippen LogP contribution in [0.3, 0.4) is 0 Å². The van der Waals surface area contributed by atoms with E-state index in [0.29, 0.717) is 32.5 Å². The van der Waals surface area contributed by atoms with Crippen molar-refractivity contribution >= 4 is 41.5 Å². The number of carbonyl (C=O) groups excluding carboxylic acids is 2. The van der Waals surface area contributed by atoms with Gasteiger partial charge in [0.15, 0.2) is 11.9 Å². The summed E-state index contributed by atoms with van der Waals surface area (Å²) in [6, 6.07) is 4.00. The molecule has 0 aliphatic carbocycles. The monoisotopic (exact) mass is 434 g/mol. The van der Waals surface area contributed by atoms with Gasteiger partial charge in [0, 0.05) is 37.3 Å². The summed E-state index contributed by atoms with van der Waals surface area (Å²) in [6.45, 7) is 3.06. The number of hydrogen-bond donors (Lipinski definition) is 2. The fraction of sp³-hybridized carbons (Fsp3) is 0.529. The normalized spacial score (nSPS) is 17.2. The molecule has 9 nitrogen and oxygen atoms in total. The van der Waals surface area contributed by atoms with Gasteiger partial charge in [-0.05, 0) is 31.9 Å². The van der Waals surface area contributed by atoms with Crippen LogP contribution < -0.4 is 15.8 Å². The minimum Gasteiger partial charge on any atom is -0.474 e. The molecule has 2 rings (SSSR count). The molecule has 1 aromatic rings. The van der Waals surface area contributed by atoms with Crippen LogP contribution in [0.25, 0.3) is 0 Å². The SMILES string of the molecule is CC(Oc1ccc(Cl)cc1[N+](=O)[O-])C(=O)N1CCCC(C(=O)NCCN)C1.Cl. The quantitative estimate of drug-likeness (QED) is 0.496. The Morgan fingerprint density at radius 3 is 2.86 bits per heavy atom. The van der Waals surface area contributed by atoms with Crippen LogP contribution in [0.5, 0.6) is 5.75 Å². The number of amides is 2. The molecular formula is C17H24Cl2N4O5. The highest BCUT2D eigenvalue weighted by atomic mass is 35.5. The lowest BCUT2D eigenvalue weighted by Crippen LogP contribution is -2.49. The molecule has 2 atom stereocenters. The Labute approximate surface area is 174 Å². The van der Waals surface area contributed by atoms with Crippen molar-refractivity contribution in [2.45, 2.75) is 25.9 Å². The number of nitro benzene ring substituents is 1. The Hall–Kier alpha value is -2.10. The second-order valence-electron chi connectivity index (χ2n) is 6.33. The lowest BCUT2D eigenvalue weighted by molar-refractivity contribution is -0.386. The molecule has 156 valence electrons. The zero-order valence-electron chi connectivity index (χ0n) is 15.4. The number of rotatable bonds is 7. The first kappa shape index (κ1) is 23.9. The van der Waals surface area contributed by atoms with Crippen LogP contribution in [0.1, 0.15) is 19.8 Å². The Morgan fingerprint density at radius 1 is 1.50 bits per heavy atom. The Morgan fingerprint density at radius 2 is 2.21 bits per heavy atom. The molecule has 2 amide bonds. The van der Waals surface area contributed by atoms with E-state index in [1.165, 1.54) is 25.1 Å². The predicted octanol–water partition coefficient (Wildman–Crippen LogP) is 1.75. The van der Waals surface area contributed by atoms with Gasteiger partial charge in [0.05, 0.1) is 10.8 Å². The summed E-state index contributed by atoms with van der Waals surface area (Å²) in [7, 11) is 0. The Balaban J connectivity index is 0.00000392. The summed E-state index contributed by atoms with van der Waals surface area (Å²) in [5, 5.41) is 14.1. The molecule has 1 fully saturated rings. The largest absolute Gasteiger partial charge is 0.474 e. The number of hydrogen-bond acceptors (Lipinski definition) is 6. The molecule has 1 aliphatic rings. The van der Waals surface area contributed by atoms with E-state index in [2.05, 4.69) is 5.32 Å². The highest BCUT2D eigenvalue weighted by Crippen LogP contribution is 2.31. The summed E-state index contributed by atoms with van der Waals surface area (Å²) >= 11 is 5.78. The van der Waals surface area contributed by atoms with Crippen LogP contribution in [-0.2, 0) is 9.59 Å². The zero-order chi connectivity index (χ0) is 20.0. The number of halogens is 2. The van der Waals surface area contributed by atoms with Crippen molar-refractivity contribution in [2.75, 3.05) is 26.2 Å². The maximum absolute atomic E-state index is 12.7. The summed E-state index contributed by atoms with van der Waals surface area (Å²) in [5.41, 5.74) is 5.08. The number of ether oxygens (including phenoxy) is 1. The van der Waals surface area contributed by atoms with Crippen LogP contribution >= 0.6 is 24.0 Å². The van der Waals surface area contributed by atoms with Gasteiger partial charge < -0.3 is 20.7 Å². The first-order valence-electron chi connectivity index (χ1n) is 8.70. The van der Waals surface area contributed by atoms with E-state index in [0.717, 1.165) is 0 Å². The topological polar surface area (TPSA) is 128 Å². The molecule has 0 bridgehead atoms. The third kappa shape index (κ3) is 6.22. The predicted molar refractivity (Wildman–Crippen MR) is 107 cm³/mol. The maximum atomic E-state index is 12.7. The van der Waals surface area contributed by atoms with E-state index in [1.54, 1.807) is 4.90 Å². The van der Waals surface area contributed by atoms with Crippen LogP contribution in [0.15, 0.2) is 18.2 Å². The van der Waals surface area contributed by atoms with Crippen molar-refractivity contribution in [3.63, 3.8) is 0 Å². The lowest BCUT2D eigenvalue weighted by Gasteiger charge is -2.33. The minimum atomic E-state index is -0.935. The molecule has 1 aliphatic heterocycles. The van der Waals surface area contributed by atoms with Crippen LogP contribution in [-0.4, -0.2) is 53.9 Å². The van der Waals surface area contributed by atoms with Gasteiger partial charge in [0.2, 0.25) is 5.91 Å². The third-order valence-electron chi connectivity index (χ3n) is 4.32. The summed E-state index contributed by atoms with van der Waals surface area (Å²) < 4.78 is 5.53. The van der Waals surface area contributed by atoms with Crippen molar-refractivity contribution in [1.82, 2.24) is 10.2 Å². The number of nitrogens with zero attached hydrogens (tertiary/aromatic N) is 2. The van der Waals surface area contributed by atoms with E-state index in [-0.39, 0.29) is 53.1 Å². The molecule has 11 heteroatoms. The summed E-state index contributed by atoms with van der Waals surface area (Å²) in [5.74, 6) is -0.777. The van der Waals surface area contributed by atoms with E-state index >= 15 is 0 Å². The van der Waals surface area contributed by atoms with Gasteiger partial charge in [-0.25, -0.2) is 0 Å². The fourth-order valence-corrected chi connectivity index (χ4v) is 3.13. The van der Waals surface area contributed by atoms with E-state index < -0.39 is 11.0 Å². The molecule has 1 aromatic carbocycles. The molecule has 0 radical (unpaired) electrons. The number of likely N-dealkylation sites (tertiary alicyclic amines) is 1. The van der Waals surface area contributed by atoms with Gasteiger partial charge in [0.25, 0.3) is 5.91 Å². The number of nitrogens with one attached hydrogen (secondary N) is 1. The standard InChI is InChI=1S/C17H23ClN4O5.ClH/c1-11(27-15-5-4-13(18)9-14(15)22(25)26)17(24)21-8-2-3-12(10-21)16(23)20-7-6-19;/h4-5,9,11-12H,2-3,6-8,10,19H2,1H3,(H,20,23);1H. The smallest absolute Gasteiger partial charge is 0.312 e. The molecule has 0 saturated carbocycles. The maximum Gasteiger partial charge on any atom is 0.312 e. The van der Waals surface area contributed by atoms with Gasteiger partial charge >= 0.3 is 5.69 Å². The number of nitro groups is 1. The van der Waals surface area contributed by atoms with Crippen molar-refractivity contribution in [3.05, 3.63) is 33.3 Å². The van der Waals surface area contributed by atoms with Gasteiger partial charge in [0.1, 0.15) is 0 Å². The second-order valence-corrected chi connectivity index (χ2v) is 6.77. The third-order valence-corrected chi connectivity index (χ3v) is 4.55. The van der Waals surface area contributed by atoms with Crippen LogP contribution in [0.2, 0.25) is 5.02 Å². The highest BCUT2D eigenvalue weighted by molar-refractivity contribution is 6.30. The van der Waals surface area contributed by atoms with Gasteiger partial charge in [-0.15, -0.1) is 12.4 Å². The first-order chi connectivity index (χ1) is 12.8. The van der Waals surface area contributed by atoms with Crippen molar-refractivity contribution in [1.29, 1.82) is 0 Å². The van der Waals surface area contributed by atoms with Crippen molar-refractivity contribution in [3.8, 4) is 5.75 Å². The fourth-order valence-electron chi connectivity index (χ4n) is 2.96. The first-order valence-corrected chi connectivity index (χ1v) is 9.08. The number of benzene rings is 1. The minimum absolute atomic E-state index is 0. The molecule has 3 N–H and O–H groups in total. The lowest BCUT2D eigenvalue weighted by atomic mass is 9.96. The summed E-state index contributed by atoms with van der Waals surface area (Å²) in [6.07, 6.45) is 0.453. The average Bonchev–Trinajstić information content (AvgIpc) is 2.66. The van der Waals surface area contributed by atoms with Crippen LogP contribution in [0.4, 0.5) is 5.69 Å². The van der Waals surface area contributed by atoms with Crippen LogP contribution in [0, 0.1) is 16.0 Å². The number of piperidine rings is 1. The number of nitrogens with two attached hydrogens (primary N) is 1. The number of carbonyl (C=O) groups is 2. The molecule has 0 spiro atoms. The van der Waals surface area contributed by atoms with Crippen molar-refractivity contribution in [2.24, 2.45) is 11.7 Å². The molecule has 28 heavy (non-hydrogen) atoms. The zero-order valence-corrected chi connectivity index (χ0v) is 17.0. The highest BCUT2D eigenvalue weighted by Gasteiger charge is 2.31. The molecule has 2 unspecified atom stereocenters. The van der Waals surface area contributed by atoms with Gasteiger partial charge in [-0.3, -0.25) is 19.7 Å². The van der Waals surface area contributed by atoms with E-state index in [4.69, 9.17) is 22.1 Å². The molecule has 1 heterocycles. The molecular weight excluding hydrogens is 411 g/mol. The van der Waals surface area contributed by atoms with Gasteiger partial charge in [-0.2, -0.15) is 0 Å². The average molecular weight is 435 g/mol. The second kappa shape index (κ2) is 11.0. The molecule has 1 saturated heterocycles. The van der Waals surface area contributed by atoms with E-state index in [9.17, 15) is 19.7 Å².